The van der Waals surface area contributed by atoms with Crippen molar-refractivity contribution < 1.29 is 0 Å². The van der Waals surface area contributed by atoms with Gasteiger partial charge in [0.2, 0.25) is 5.95 Å². The lowest BCUT2D eigenvalue weighted by atomic mass is 10.2. The number of hydrogen-bond acceptors (Lipinski definition) is 5. The highest BCUT2D eigenvalue weighted by atomic mass is 35.5. The molecule has 2 atom stereocenters. The second-order valence-corrected chi connectivity index (χ2v) is 8.32. The predicted octanol–water partition coefficient (Wildman–Crippen LogP) is 4.16. The van der Waals surface area contributed by atoms with Gasteiger partial charge in [0.1, 0.15) is 5.52 Å². The lowest BCUT2D eigenvalue weighted by Crippen LogP contribution is -2.04. The molecule has 0 aromatic carbocycles. The van der Waals surface area contributed by atoms with Crippen LogP contribution in [0.25, 0.3) is 5.52 Å². The van der Waals surface area contributed by atoms with Crippen LogP contribution in [0.1, 0.15) is 61.4 Å². The van der Waals surface area contributed by atoms with Crippen molar-refractivity contribution in [3.63, 3.8) is 0 Å². The van der Waals surface area contributed by atoms with Gasteiger partial charge in [0.25, 0.3) is 0 Å². The van der Waals surface area contributed by atoms with E-state index in [-0.39, 0.29) is 12.0 Å². The normalized spacial score (nSPS) is 24.1. The molecule has 7 nitrogen and oxygen atoms in total. The number of fused-ring (bicyclic) bond motifs is 1. The van der Waals surface area contributed by atoms with Crippen LogP contribution in [0.2, 0.25) is 5.02 Å². The Balaban J connectivity index is 1.36. The molecule has 0 radical (unpaired) electrons. The van der Waals surface area contributed by atoms with Crippen molar-refractivity contribution in [1.29, 1.82) is 5.26 Å². The average Bonchev–Trinajstić information content (AvgIpc) is 3.57. The van der Waals surface area contributed by atoms with Gasteiger partial charge >= 0.3 is 0 Å². The summed E-state index contributed by atoms with van der Waals surface area (Å²) >= 11 is 6.35. The molecule has 27 heavy (non-hydrogen) atoms. The fourth-order valence-corrected chi connectivity index (χ4v) is 4.01. The molecule has 8 heteroatoms. The molecular formula is C19H18ClN7. The van der Waals surface area contributed by atoms with Gasteiger partial charge in [-0.15, -0.1) is 5.10 Å². The van der Waals surface area contributed by atoms with Crippen LogP contribution in [0.5, 0.6) is 0 Å². The first-order chi connectivity index (χ1) is 13.2. The Morgan fingerprint density at radius 3 is 2.70 bits per heavy atom. The highest BCUT2D eigenvalue weighted by Gasteiger charge is 2.41. The second kappa shape index (κ2) is 5.46. The molecule has 0 saturated heterocycles. The Hall–Kier alpha value is -2.59. The molecule has 0 amide bonds. The maximum atomic E-state index is 9.11. The van der Waals surface area contributed by atoms with E-state index in [0.29, 0.717) is 22.8 Å². The first kappa shape index (κ1) is 15.5. The van der Waals surface area contributed by atoms with Crippen molar-refractivity contribution in [2.75, 3.05) is 5.32 Å². The van der Waals surface area contributed by atoms with Crippen LogP contribution < -0.4 is 5.32 Å². The summed E-state index contributed by atoms with van der Waals surface area (Å²) in [5.41, 5.74) is 4.02. The van der Waals surface area contributed by atoms with Crippen molar-refractivity contribution in [2.45, 2.75) is 50.0 Å². The van der Waals surface area contributed by atoms with Gasteiger partial charge < -0.3 is 5.32 Å². The summed E-state index contributed by atoms with van der Waals surface area (Å²) in [5, 5.41) is 22.6. The minimum absolute atomic E-state index is 0.0838. The summed E-state index contributed by atoms with van der Waals surface area (Å²) in [6.07, 6.45) is 9.38. The van der Waals surface area contributed by atoms with Gasteiger partial charge in [-0.05, 0) is 38.2 Å². The Morgan fingerprint density at radius 2 is 2.00 bits per heavy atom. The SMILES string of the molecule is N#C[C@@H]1C[C@@H]1n1cc(Nc2ncc3c(Cl)cc(C4CC4)n3n2)c(C2CC2)n1. The van der Waals surface area contributed by atoms with E-state index in [2.05, 4.69) is 16.4 Å². The highest BCUT2D eigenvalue weighted by Crippen LogP contribution is 2.47. The van der Waals surface area contributed by atoms with Crippen LogP contribution in [0.3, 0.4) is 0 Å². The third-order valence-corrected chi connectivity index (χ3v) is 6.03. The molecule has 3 aliphatic carbocycles. The molecule has 0 unspecified atom stereocenters. The Morgan fingerprint density at radius 1 is 1.19 bits per heavy atom. The molecule has 0 spiro atoms. The summed E-state index contributed by atoms with van der Waals surface area (Å²) in [6.45, 7) is 0. The van der Waals surface area contributed by atoms with Crippen LogP contribution in [-0.4, -0.2) is 24.4 Å². The third kappa shape index (κ3) is 2.59. The van der Waals surface area contributed by atoms with Crippen molar-refractivity contribution in [3.8, 4) is 6.07 Å². The van der Waals surface area contributed by atoms with Crippen molar-refractivity contribution >= 4 is 28.8 Å². The minimum atomic E-state index is 0.0838. The molecule has 3 aliphatic rings. The summed E-state index contributed by atoms with van der Waals surface area (Å²) in [7, 11) is 0. The minimum Gasteiger partial charge on any atom is -0.320 e. The van der Waals surface area contributed by atoms with Crippen LogP contribution in [0, 0.1) is 17.2 Å². The molecule has 3 fully saturated rings. The van der Waals surface area contributed by atoms with Gasteiger partial charge in [-0.2, -0.15) is 10.4 Å². The number of nitrogens with zero attached hydrogens (tertiary/aromatic N) is 6. The Kier molecular flexibility index (Phi) is 3.13. The quantitative estimate of drug-likeness (QED) is 0.719. The summed E-state index contributed by atoms with van der Waals surface area (Å²) < 4.78 is 3.87. The van der Waals surface area contributed by atoms with E-state index in [1.54, 1.807) is 6.20 Å². The molecule has 136 valence electrons. The molecule has 0 bridgehead atoms. The van der Waals surface area contributed by atoms with E-state index in [9.17, 15) is 0 Å². The second-order valence-electron chi connectivity index (χ2n) is 7.92. The molecule has 1 N–H and O–H groups in total. The molecule has 3 heterocycles. The number of nitriles is 1. The van der Waals surface area contributed by atoms with Gasteiger partial charge in [-0.3, -0.25) is 4.68 Å². The number of hydrogen-bond donors (Lipinski definition) is 1. The van der Waals surface area contributed by atoms with Crippen LogP contribution in [0.15, 0.2) is 18.5 Å². The predicted molar refractivity (Wildman–Crippen MR) is 100 cm³/mol. The van der Waals surface area contributed by atoms with Gasteiger partial charge in [0, 0.05) is 23.7 Å². The standard InChI is InChI=1S/C19H18ClN7/c20-13-6-16(10-1-2-10)27-17(13)8-22-19(25-27)23-14-9-26(15-5-12(15)7-21)24-18(14)11-3-4-11/h6,8-12,15H,1-5H2,(H,23,25)/t12-,15-/m0/s1. The van der Waals surface area contributed by atoms with Crippen molar-refractivity contribution in [3.05, 3.63) is 34.9 Å². The molecule has 6 rings (SSSR count). The number of halogens is 1. The average molecular weight is 380 g/mol. The third-order valence-electron chi connectivity index (χ3n) is 5.72. The zero-order valence-electron chi connectivity index (χ0n) is 14.6. The summed E-state index contributed by atoms with van der Waals surface area (Å²) in [6, 6.07) is 4.55. The fourth-order valence-electron chi connectivity index (χ4n) is 3.77. The zero-order valence-corrected chi connectivity index (χ0v) is 15.4. The number of anilines is 2. The molecular weight excluding hydrogens is 362 g/mol. The van der Waals surface area contributed by atoms with E-state index in [4.69, 9.17) is 27.1 Å². The Labute approximate surface area is 160 Å². The van der Waals surface area contributed by atoms with Gasteiger partial charge in [0.05, 0.1) is 40.6 Å². The van der Waals surface area contributed by atoms with Crippen LogP contribution >= 0.6 is 11.6 Å². The number of aromatic nitrogens is 5. The zero-order chi connectivity index (χ0) is 18.1. The molecule has 3 aromatic heterocycles. The van der Waals surface area contributed by atoms with E-state index < -0.39 is 0 Å². The maximum absolute atomic E-state index is 9.11. The fraction of sp³-hybridized carbons (Fsp3) is 0.474. The lowest BCUT2D eigenvalue weighted by molar-refractivity contribution is 0.611. The van der Waals surface area contributed by atoms with Crippen LogP contribution in [-0.2, 0) is 0 Å². The van der Waals surface area contributed by atoms with E-state index in [0.717, 1.165) is 41.9 Å². The molecule has 3 saturated carbocycles. The first-order valence-corrected chi connectivity index (χ1v) is 9.89. The largest absolute Gasteiger partial charge is 0.320 e. The topological polar surface area (TPSA) is 83.8 Å². The number of rotatable bonds is 5. The first-order valence-electron chi connectivity index (χ1n) is 9.51. The maximum Gasteiger partial charge on any atom is 0.245 e. The van der Waals surface area contributed by atoms with Crippen molar-refractivity contribution in [2.24, 2.45) is 5.92 Å². The van der Waals surface area contributed by atoms with E-state index in [1.165, 1.54) is 12.8 Å². The monoisotopic (exact) mass is 379 g/mol. The smallest absolute Gasteiger partial charge is 0.245 e. The van der Waals surface area contributed by atoms with Gasteiger partial charge in [-0.25, -0.2) is 9.50 Å². The summed E-state index contributed by atoms with van der Waals surface area (Å²) in [5.74, 6) is 1.68. The van der Waals surface area contributed by atoms with Gasteiger partial charge in [-0.1, -0.05) is 11.6 Å². The van der Waals surface area contributed by atoms with Crippen molar-refractivity contribution in [1.82, 2.24) is 24.4 Å². The van der Waals surface area contributed by atoms with Crippen LogP contribution in [0.4, 0.5) is 11.6 Å². The lowest BCUT2D eigenvalue weighted by Gasteiger charge is -2.06. The van der Waals surface area contributed by atoms with Gasteiger partial charge in [0.15, 0.2) is 0 Å². The number of nitrogens with one attached hydrogen (secondary N) is 1. The summed E-state index contributed by atoms with van der Waals surface area (Å²) in [4.78, 5) is 4.46. The molecule has 0 aliphatic heterocycles. The Bertz CT molecular complexity index is 1100. The van der Waals surface area contributed by atoms with E-state index >= 15 is 0 Å². The highest BCUT2D eigenvalue weighted by molar-refractivity contribution is 6.34. The molecule has 3 aromatic rings. The van der Waals surface area contributed by atoms with E-state index in [1.807, 2.05) is 21.5 Å².